The Bertz CT molecular complexity index is 554. The first-order chi connectivity index (χ1) is 9.74. The molecule has 1 aromatic heterocycles. The van der Waals surface area contributed by atoms with Gasteiger partial charge in [0.05, 0.1) is 27.4 Å². The van der Waals surface area contributed by atoms with E-state index in [9.17, 15) is 0 Å². The molecule has 0 bridgehead atoms. The molecule has 1 heterocycles. The molecule has 0 aliphatic rings. The monoisotopic (exact) mass is 293 g/mol. The van der Waals surface area contributed by atoms with Gasteiger partial charge in [0.2, 0.25) is 0 Å². The van der Waals surface area contributed by atoms with Crippen LogP contribution in [0.3, 0.4) is 0 Å². The molecule has 0 amide bonds. The highest BCUT2D eigenvalue weighted by Crippen LogP contribution is 2.39. The standard InChI is InChI=1S/C15H19NO3S/c1-16-15(10-5-6-20-9-10)11-7-13(18-3)14(19-4)8-12(11)17-2/h5-9,15-16H,1-4H3. The normalized spacial score (nSPS) is 12.0. The van der Waals surface area contributed by atoms with E-state index in [2.05, 4.69) is 22.1 Å². The van der Waals surface area contributed by atoms with Crippen LogP contribution in [0.5, 0.6) is 17.2 Å². The second-order valence-electron chi connectivity index (χ2n) is 4.23. The van der Waals surface area contributed by atoms with Crippen LogP contribution in [-0.2, 0) is 0 Å². The molecule has 0 fully saturated rings. The summed E-state index contributed by atoms with van der Waals surface area (Å²) in [4.78, 5) is 0. The average Bonchev–Trinajstić information content (AvgIpc) is 3.01. The van der Waals surface area contributed by atoms with Crippen molar-refractivity contribution in [1.29, 1.82) is 0 Å². The van der Waals surface area contributed by atoms with Crippen molar-refractivity contribution in [3.05, 3.63) is 40.1 Å². The number of ether oxygens (including phenoxy) is 3. The van der Waals surface area contributed by atoms with Crippen molar-refractivity contribution in [3.63, 3.8) is 0 Å². The van der Waals surface area contributed by atoms with Gasteiger partial charge >= 0.3 is 0 Å². The lowest BCUT2D eigenvalue weighted by molar-refractivity contribution is 0.346. The van der Waals surface area contributed by atoms with E-state index in [1.165, 1.54) is 5.56 Å². The van der Waals surface area contributed by atoms with Gasteiger partial charge in [-0.2, -0.15) is 11.3 Å². The third kappa shape index (κ3) is 2.73. The number of thiophene rings is 1. The smallest absolute Gasteiger partial charge is 0.164 e. The van der Waals surface area contributed by atoms with E-state index in [-0.39, 0.29) is 6.04 Å². The summed E-state index contributed by atoms with van der Waals surface area (Å²) >= 11 is 1.67. The van der Waals surface area contributed by atoms with Gasteiger partial charge < -0.3 is 19.5 Å². The van der Waals surface area contributed by atoms with Gasteiger partial charge in [-0.1, -0.05) is 0 Å². The summed E-state index contributed by atoms with van der Waals surface area (Å²) in [6.45, 7) is 0. The minimum Gasteiger partial charge on any atom is -0.496 e. The summed E-state index contributed by atoms with van der Waals surface area (Å²) in [5, 5.41) is 7.50. The second-order valence-corrected chi connectivity index (χ2v) is 5.01. The molecule has 1 atom stereocenters. The van der Waals surface area contributed by atoms with Gasteiger partial charge in [-0.05, 0) is 35.5 Å². The quantitative estimate of drug-likeness (QED) is 0.888. The molecule has 2 aromatic rings. The maximum atomic E-state index is 5.50. The van der Waals surface area contributed by atoms with E-state index in [0.29, 0.717) is 11.5 Å². The summed E-state index contributed by atoms with van der Waals surface area (Å²) < 4.78 is 16.2. The van der Waals surface area contributed by atoms with Crippen LogP contribution in [0.4, 0.5) is 0 Å². The van der Waals surface area contributed by atoms with Gasteiger partial charge in [-0.25, -0.2) is 0 Å². The molecule has 1 unspecified atom stereocenters. The maximum Gasteiger partial charge on any atom is 0.164 e. The maximum absolute atomic E-state index is 5.50. The molecule has 2 rings (SSSR count). The van der Waals surface area contributed by atoms with Crippen molar-refractivity contribution in [2.75, 3.05) is 28.4 Å². The molecule has 0 aliphatic carbocycles. The van der Waals surface area contributed by atoms with Crippen molar-refractivity contribution in [2.24, 2.45) is 0 Å². The van der Waals surface area contributed by atoms with Crippen LogP contribution < -0.4 is 19.5 Å². The van der Waals surface area contributed by atoms with Crippen LogP contribution in [-0.4, -0.2) is 28.4 Å². The minimum absolute atomic E-state index is 0.0519. The van der Waals surface area contributed by atoms with Gasteiger partial charge in [-0.15, -0.1) is 0 Å². The van der Waals surface area contributed by atoms with E-state index in [4.69, 9.17) is 14.2 Å². The fraction of sp³-hybridized carbons (Fsp3) is 0.333. The number of benzene rings is 1. The summed E-state index contributed by atoms with van der Waals surface area (Å²) in [6.07, 6.45) is 0. The Kier molecular flexibility index (Phi) is 4.87. The first kappa shape index (κ1) is 14.7. The Hall–Kier alpha value is -1.72. The molecule has 1 N–H and O–H groups in total. The van der Waals surface area contributed by atoms with Crippen LogP contribution in [0.25, 0.3) is 0 Å². The van der Waals surface area contributed by atoms with Gasteiger partial charge in [-0.3, -0.25) is 0 Å². The minimum atomic E-state index is 0.0519. The lowest BCUT2D eigenvalue weighted by Gasteiger charge is -2.20. The Morgan fingerprint density at radius 3 is 2.15 bits per heavy atom. The van der Waals surface area contributed by atoms with Crippen molar-refractivity contribution >= 4 is 11.3 Å². The summed E-state index contributed by atoms with van der Waals surface area (Å²) in [7, 11) is 6.84. The molecular formula is C15H19NO3S. The second kappa shape index (κ2) is 6.63. The van der Waals surface area contributed by atoms with Gasteiger partial charge in [0.1, 0.15) is 5.75 Å². The highest BCUT2D eigenvalue weighted by Gasteiger charge is 2.20. The van der Waals surface area contributed by atoms with Crippen molar-refractivity contribution in [3.8, 4) is 17.2 Å². The largest absolute Gasteiger partial charge is 0.496 e. The fourth-order valence-corrected chi connectivity index (χ4v) is 2.91. The molecule has 0 spiro atoms. The fourth-order valence-electron chi connectivity index (χ4n) is 2.22. The molecule has 0 radical (unpaired) electrons. The van der Waals surface area contributed by atoms with Crippen LogP contribution in [0.1, 0.15) is 17.2 Å². The molecule has 1 aromatic carbocycles. The number of hydrogen-bond donors (Lipinski definition) is 1. The molecular weight excluding hydrogens is 274 g/mol. The topological polar surface area (TPSA) is 39.7 Å². The number of methoxy groups -OCH3 is 3. The molecule has 108 valence electrons. The van der Waals surface area contributed by atoms with E-state index >= 15 is 0 Å². The third-order valence-electron chi connectivity index (χ3n) is 3.21. The summed E-state index contributed by atoms with van der Waals surface area (Å²) in [5.41, 5.74) is 2.22. The number of hydrogen-bond acceptors (Lipinski definition) is 5. The zero-order valence-electron chi connectivity index (χ0n) is 12.1. The lowest BCUT2D eigenvalue weighted by atomic mass is 9.99. The van der Waals surface area contributed by atoms with Crippen molar-refractivity contribution in [2.45, 2.75) is 6.04 Å². The molecule has 0 saturated heterocycles. The SMILES string of the molecule is CNC(c1ccsc1)c1cc(OC)c(OC)cc1OC. The lowest BCUT2D eigenvalue weighted by Crippen LogP contribution is -2.18. The molecule has 4 nitrogen and oxygen atoms in total. The molecule has 5 heteroatoms. The van der Waals surface area contributed by atoms with Crippen LogP contribution >= 0.6 is 11.3 Å². The molecule has 0 aliphatic heterocycles. The Morgan fingerprint density at radius 1 is 1.00 bits per heavy atom. The summed E-state index contributed by atoms with van der Waals surface area (Å²) in [5.74, 6) is 2.13. The first-order valence-corrected chi connectivity index (χ1v) is 7.18. The van der Waals surface area contributed by atoms with Gasteiger partial charge in [0.15, 0.2) is 11.5 Å². The molecule has 20 heavy (non-hydrogen) atoms. The Morgan fingerprint density at radius 2 is 1.65 bits per heavy atom. The number of rotatable bonds is 6. The zero-order valence-corrected chi connectivity index (χ0v) is 12.9. The molecule has 0 saturated carbocycles. The predicted octanol–water partition coefficient (Wildman–Crippen LogP) is 3.08. The third-order valence-corrected chi connectivity index (χ3v) is 3.91. The van der Waals surface area contributed by atoms with Crippen LogP contribution in [0.15, 0.2) is 29.0 Å². The van der Waals surface area contributed by atoms with E-state index in [1.54, 1.807) is 32.7 Å². The van der Waals surface area contributed by atoms with Crippen LogP contribution in [0, 0.1) is 0 Å². The van der Waals surface area contributed by atoms with Crippen molar-refractivity contribution < 1.29 is 14.2 Å². The van der Waals surface area contributed by atoms with Crippen LogP contribution in [0.2, 0.25) is 0 Å². The van der Waals surface area contributed by atoms with Gasteiger partial charge in [0.25, 0.3) is 0 Å². The highest BCUT2D eigenvalue weighted by atomic mass is 32.1. The summed E-state index contributed by atoms with van der Waals surface area (Å²) in [6, 6.07) is 5.96. The predicted molar refractivity (Wildman–Crippen MR) is 81.3 cm³/mol. The zero-order chi connectivity index (χ0) is 14.5. The Balaban J connectivity index is 2.53. The number of nitrogens with one attached hydrogen (secondary N) is 1. The highest BCUT2D eigenvalue weighted by molar-refractivity contribution is 7.08. The Labute approximate surface area is 123 Å². The van der Waals surface area contributed by atoms with E-state index < -0.39 is 0 Å². The van der Waals surface area contributed by atoms with Crippen molar-refractivity contribution in [1.82, 2.24) is 5.32 Å². The van der Waals surface area contributed by atoms with E-state index in [1.807, 2.05) is 19.2 Å². The average molecular weight is 293 g/mol. The first-order valence-electron chi connectivity index (χ1n) is 6.24. The van der Waals surface area contributed by atoms with Gasteiger partial charge in [0, 0.05) is 11.6 Å². The van der Waals surface area contributed by atoms with E-state index in [0.717, 1.165) is 11.3 Å².